The van der Waals surface area contributed by atoms with Crippen molar-refractivity contribution in [2.75, 3.05) is 19.0 Å². The maximum atomic E-state index is 11.8. The monoisotopic (exact) mass is 246 g/mol. The minimum Gasteiger partial charge on any atom is -0.363 e. The van der Waals surface area contributed by atoms with Crippen LogP contribution in [0.3, 0.4) is 0 Å². The molecule has 0 fully saturated rings. The number of thiophene rings is 1. The number of aromatic nitrogens is 3. The molecule has 0 aliphatic heterocycles. The highest BCUT2D eigenvalue weighted by Crippen LogP contribution is 2.29. The van der Waals surface area contributed by atoms with E-state index in [1.54, 1.807) is 0 Å². The lowest BCUT2D eigenvalue weighted by atomic mass is 10.3. The minimum absolute atomic E-state index is 0.135. The van der Waals surface area contributed by atoms with Crippen molar-refractivity contribution >= 4 is 37.6 Å². The van der Waals surface area contributed by atoms with Gasteiger partial charge in [0.15, 0.2) is 0 Å². The van der Waals surface area contributed by atoms with Gasteiger partial charge >= 0.3 is 0 Å². The van der Waals surface area contributed by atoms with Gasteiger partial charge in [0.2, 0.25) is 0 Å². The Hall–Kier alpha value is -1.95. The molecule has 0 radical (unpaired) electrons. The second-order valence-corrected chi connectivity index (χ2v) is 4.96. The number of nitrogens with zero attached hydrogens (tertiary/aromatic N) is 3. The number of hydrogen-bond acceptors (Lipinski definition) is 5. The molecule has 3 rings (SSSR count). The SMILES string of the molecule is CN(C)c1ccc2sc3nc[nH]c(=O)c3c2n1. The highest BCUT2D eigenvalue weighted by atomic mass is 32.1. The lowest BCUT2D eigenvalue weighted by Gasteiger charge is -2.10. The Kier molecular flexibility index (Phi) is 2.12. The van der Waals surface area contributed by atoms with Crippen molar-refractivity contribution in [1.29, 1.82) is 0 Å². The largest absolute Gasteiger partial charge is 0.363 e. The molecule has 0 saturated carbocycles. The molecule has 1 N–H and O–H groups in total. The standard InChI is InChI=1S/C11H10N4OS/c1-15(2)7-4-3-6-9(14-7)8-10(16)12-5-13-11(8)17-6/h3-5H,1-2H3,(H,12,13,16). The maximum absolute atomic E-state index is 11.8. The van der Waals surface area contributed by atoms with Gasteiger partial charge in [0.1, 0.15) is 16.0 Å². The molecule has 0 aliphatic carbocycles. The molecule has 0 spiro atoms. The number of fused-ring (bicyclic) bond motifs is 3. The molecule has 17 heavy (non-hydrogen) atoms. The van der Waals surface area contributed by atoms with Crippen LogP contribution in [0.15, 0.2) is 23.3 Å². The number of pyridine rings is 1. The molecule has 0 amide bonds. The lowest BCUT2D eigenvalue weighted by Crippen LogP contribution is -2.10. The van der Waals surface area contributed by atoms with E-state index < -0.39 is 0 Å². The number of aromatic amines is 1. The maximum Gasteiger partial charge on any atom is 0.261 e. The normalized spacial score (nSPS) is 11.2. The molecule has 6 heteroatoms. The van der Waals surface area contributed by atoms with E-state index in [1.807, 2.05) is 31.1 Å². The predicted octanol–water partition coefficient (Wildman–Crippen LogP) is 1.60. The molecule has 3 aromatic rings. The number of nitrogens with one attached hydrogen (secondary N) is 1. The van der Waals surface area contributed by atoms with E-state index >= 15 is 0 Å². The van der Waals surface area contributed by atoms with Crippen LogP contribution < -0.4 is 10.5 Å². The van der Waals surface area contributed by atoms with Crippen LogP contribution in [0.25, 0.3) is 20.4 Å². The molecular formula is C11H10N4OS. The quantitative estimate of drug-likeness (QED) is 0.708. The Bertz CT molecular complexity index is 759. The average molecular weight is 246 g/mol. The van der Waals surface area contributed by atoms with Gasteiger partial charge in [-0.25, -0.2) is 9.97 Å². The van der Waals surface area contributed by atoms with Gasteiger partial charge in [-0.05, 0) is 12.1 Å². The summed E-state index contributed by atoms with van der Waals surface area (Å²) in [6, 6.07) is 3.91. The van der Waals surface area contributed by atoms with Crippen molar-refractivity contribution in [3.63, 3.8) is 0 Å². The number of rotatable bonds is 1. The summed E-state index contributed by atoms with van der Waals surface area (Å²) >= 11 is 1.48. The number of hydrogen-bond donors (Lipinski definition) is 1. The second kappa shape index (κ2) is 3.53. The highest BCUT2D eigenvalue weighted by Gasteiger charge is 2.11. The Morgan fingerprint density at radius 1 is 1.35 bits per heavy atom. The summed E-state index contributed by atoms with van der Waals surface area (Å²) in [5.74, 6) is 0.834. The number of H-pyrrole nitrogens is 1. The lowest BCUT2D eigenvalue weighted by molar-refractivity contribution is 1.08. The van der Waals surface area contributed by atoms with Gasteiger partial charge in [-0.2, -0.15) is 0 Å². The van der Waals surface area contributed by atoms with Crippen molar-refractivity contribution in [2.24, 2.45) is 0 Å². The zero-order valence-electron chi connectivity index (χ0n) is 9.39. The van der Waals surface area contributed by atoms with Gasteiger partial charge in [0.25, 0.3) is 5.56 Å². The van der Waals surface area contributed by atoms with Gasteiger partial charge < -0.3 is 9.88 Å². The van der Waals surface area contributed by atoms with Crippen molar-refractivity contribution in [1.82, 2.24) is 15.0 Å². The summed E-state index contributed by atoms with van der Waals surface area (Å²) in [6.07, 6.45) is 1.42. The topological polar surface area (TPSA) is 61.9 Å². The molecule has 0 bridgehead atoms. The van der Waals surface area contributed by atoms with Gasteiger partial charge in [0, 0.05) is 14.1 Å². The zero-order valence-corrected chi connectivity index (χ0v) is 10.2. The predicted molar refractivity (Wildman–Crippen MR) is 69.9 cm³/mol. The van der Waals surface area contributed by atoms with Crippen LogP contribution in [0.5, 0.6) is 0 Å². The minimum atomic E-state index is -0.135. The van der Waals surface area contributed by atoms with Crippen molar-refractivity contribution in [3.05, 3.63) is 28.8 Å². The molecule has 0 atom stereocenters. The van der Waals surface area contributed by atoms with E-state index in [9.17, 15) is 4.79 Å². The van der Waals surface area contributed by atoms with Crippen LogP contribution in [0.2, 0.25) is 0 Å². The van der Waals surface area contributed by atoms with Crippen LogP contribution >= 0.6 is 11.3 Å². The first-order valence-corrected chi connectivity index (χ1v) is 5.93. The zero-order chi connectivity index (χ0) is 12.0. The third-order valence-electron chi connectivity index (χ3n) is 2.56. The third-order valence-corrected chi connectivity index (χ3v) is 3.62. The Morgan fingerprint density at radius 2 is 2.18 bits per heavy atom. The molecule has 0 saturated heterocycles. The first kappa shape index (κ1) is 10.2. The van der Waals surface area contributed by atoms with E-state index in [0.717, 1.165) is 20.9 Å². The van der Waals surface area contributed by atoms with Gasteiger partial charge in [-0.15, -0.1) is 11.3 Å². The van der Waals surface area contributed by atoms with Crippen LogP contribution in [-0.4, -0.2) is 29.0 Å². The van der Waals surface area contributed by atoms with Crippen molar-refractivity contribution in [3.8, 4) is 0 Å². The Morgan fingerprint density at radius 3 is 2.94 bits per heavy atom. The molecule has 3 aromatic heterocycles. The second-order valence-electron chi connectivity index (χ2n) is 3.92. The third kappa shape index (κ3) is 1.49. The van der Waals surface area contributed by atoms with Crippen LogP contribution in [0, 0.1) is 0 Å². The summed E-state index contributed by atoms with van der Waals surface area (Å²) < 4.78 is 0.981. The summed E-state index contributed by atoms with van der Waals surface area (Å²) in [5, 5.41) is 0.580. The Labute approximate surface area is 101 Å². The molecular weight excluding hydrogens is 236 g/mol. The van der Waals surface area contributed by atoms with E-state index in [2.05, 4.69) is 15.0 Å². The summed E-state index contributed by atoms with van der Waals surface area (Å²) in [7, 11) is 3.84. The van der Waals surface area contributed by atoms with Crippen molar-refractivity contribution < 1.29 is 0 Å². The first-order chi connectivity index (χ1) is 8.16. The fourth-order valence-electron chi connectivity index (χ4n) is 1.72. The fraction of sp³-hybridized carbons (Fsp3) is 0.182. The summed E-state index contributed by atoms with van der Waals surface area (Å²) in [4.78, 5) is 25.7. The number of anilines is 1. The van der Waals surface area contributed by atoms with E-state index in [1.165, 1.54) is 17.7 Å². The Balaban J connectivity index is 2.48. The van der Waals surface area contributed by atoms with E-state index in [-0.39, 0.29) is 5.56 Å². The molecule has 0 aromatic carbocycles. The van der Waals surface area contributed by atoms with Gasteiger partial charge in [0.05, 0.1) is 16.5 Å². The highest BCUT2D eigenvalue weighted by molar-refractivity contribution is 7.25. The smallest absolute Gasteiger partial charge is 0.261 e. The average Bonchev–Trinajstić information content (AvgIpc) is 2.67. The van der Waals surface area contributed by atoms with Gasteiger partial charge in [-0.3, -0.25) is 4.79 Å². The summed E-state index contributed by atoms with van der Waals surface area (Å²) in [5.41, 5.74) is 0.593. The van der Waals surface area contributed by atoms with E-state index in [0.29, 0.717) is 5.39 Å². The first-order valence-electron chi connectivity index (χ1n) is 5.11. The fourth-order valence-corrected chi connectivity index (χ4v) is 2.71. The molecule has 5 nitrogen and oxygen atoms in total. The van der Waals surface area contributed by atoms with Crippen LogP contribution in [0.1, 0.15) is 0 Å². The van der Waals surface area contributed by atoms with Crippen LogP contribution in [-0.2, 0) is 0 Å². The molecule has 0 unspecified atom stereocenters. The van der Waals surface area contributed by atoms with Gasteiger partial charge in [-0.1, -0.05) is 0 Å². The molecule has 86 valence electrons. The molecule has 0 aliphatic rings. The van der Waals surface area contributed by atoms with Crippen LogP contribution in [0.4, 0.5) is 5.82 Å². The summed E-state index contributed by atoms with van der Waals surface area (Å²) in [6.45, 7) is 0. The molecule has 3 heterocycles. The van der Waals surface area contributed by atoms with E-state index in [4.69, 9.17) is 0 Å². The van der Waals surface area contributed by atoms with Crippen molar-refractivity contribution in [2.45, 2.75) is 0 Å².